The van der Waals surface area contributed by atoms with E-state index in [1.165, 1.54) is 5.56 Å². The highest BCUT2D eigenvalue weighted by Crippen LogP contribution is 2.14. The van der Waals surface area contributed by atoms with Gasteiger partial charge in [-0.15, -0.1) is 0 Å². The van der Waals surface area contributed by atoms with Crippen LogP contribution >= 0.6 is 0 Å². The Bertz CT molecular complexity index is 326. The molecule has 1 aromatic rings. The van der Waals surface area contributed by atoms with E-state index in [1.54, 1.807) is 0 Å². The second kappa shape index (κ2) is 8.08. The molecular formula is C14H25N3O. The van der Waals surface area contributed by atoms with E-state index < -0.39 is 0 Å². The largest absolute Gasteiger partial charge is 0.395 e. The number of hydrogen-bond donors (Lipinski definition) is 2. The first-order chi connectivity index (χ1) is 8.67. The summed E-state index contributed by atoms with van der Waals surface area (Å²) in [5, 5.41) is 12.1. The van der Waals surface area contributed by atoms with Crippen LogP contribution in [0.25, 0.3) is 0 Å². The fourth-order valence-corrected chi connectivity index (χ4v) is 1.83. The van der Waals surface area contributed by atoms with E-state index in [0.29, 0.717) is 6.54 Å². The van der Waals surface area contributed by atoms with Gasteiger partial charge in [-0.3, -0.25) is 0 Å². The zero-order chi connectivity index (χ0) is 13.4. The molecule has 0 aliphatic carbocycles. The van der Waals surface area contributed by atoms with Gasteiger partial charge in [0, 0.05) is 38.9 Å². The number of benzene rings is 1. The molecule has 0 unspecified atom stereocenters. The maximum absolute atomic E-state index is 8.90. The van der Waals surface area contributed by atoms with Gasteiger partial charge < -0.3 is 20.2 Å². The summed E-state index contributed by atoms with van der Waals surface area (Å²) in [5.74, 6) is 0. The molecule has 18 heavy (non-hydrogen) atoms. The van der Waals surface area contributed by atoms with Crippen LogP contribution in [0.4, 0.5) is 5.69 Å². The molecule has 0 aliphatic rings. The Morgan fingerprint density at radius 1 is 1.11 bits per heavy atom. The van der Waals surface area contributed by atoms with Gasteiger partial charge in [0.15, 0.2) is 0 Å². The predicted octanol–water partition coefficient (Wildman–Crippen LogP) is 0.766. The van der Waals surface area contributed by atoms with Crippen LogP contribution in [-0.2, 0) is 6.54 Å². The number of aliphatic hydroxyl groups is 1. The fraction of sp³-hybridized carbons (Fsp3) is 0.571. The van der Waals surface area contributed by atoms with E-state index in [-0.39, 0.29) is 6.61 Å². The highest BCUT2D eigenvalue weighted by molar-refractivity contribution is 5.46. The van der Waals surface area contributed by atoms with Crippen molar-refractivity contribution in [1.29, 1.82) is 0 Å². The third kappa shape index (κ3) is 5.04. The number of rotatable bonds is 8. The second-order valence-corrected chi connectivity index (χ2v) is 4.65. The lowest BCUT2D eigenvalue weighted by atomic mass is 10.2. The van der Waals surface area contributed by atoms with Crippen molar-refractivity contribution in [2.24, 2.45) is 0 Å². The van der Waals surface area contributed by atoms with E-state index in [1.807, 2.05) is 14.1 Å². The minimum Gasteiger partial charge on any atom is -0.395 e. The van der Waals surface area contributed by atoms with Crippen molar-refractivity contribution in [3.63, 3.8) is 0 Å². The summed E-state index contributed by atoms with van der Waals surface area (Å²) in [6.07, 6.45) is 0. The fourth-order valence-electron chi connectivity index (χ4n) is 1.83. The summed E-state index contributed by atoms with van der Waals surface area (Å²) in [6, 6.07) is 8.52. The number of hydrogen-bond acceptors (Lipinski definition) is 4. The maximum atomic E-state index is 8.90. The van der Waals surface area contributed by atoms with Gasteiger partial charge in [0.1, 0.15) is 0 Å². The summed E-state index contributed by atoms with van der Waals surface area (Å²) < 4.78 is 0. The molecular weight excluding hydrogens is 226 g/mol. The molecule has 4 heteroatoms. The minimum absolute atomic E-state index is 0.186. The number of anilines is 1. The molecule has 0 fully saturated rings. The standard InChI is InChI=1S/C14H25N3O/c1-15-8-9-16(2)12-13-4-6-14(7-5-13)17(3)10-11-18/h4-7,15,18H,8-12H2,1-3H3. The predicted molar refractivity (Wildman–Crippen MR) is 77.1 cm³/mol. The quantitative estimate of drug-likeness (QED) is 0.716. The van der Waals surface area contributed by atoms with Gasteiger partial charge in [-0.2, -0.15) is 0 Å². The molecule has 1 aromatic carbocycles. The van der Waals surface area contributed by atoms with Crippen LogP contribution in [0, 0.1) is 0 Å². The summed E-state index contributed by atoms with van der Waals surface area (Å²) in [4.78, 5) is 4.34. The lowest BCUT2D eigenvalue weighted by Gasteiger charge is -2.19. The van der Waals surface area contributed by atoms with Crippen LogP contribution in [0.3, 0.4) is 0 Å². The zero-order valence-electron chi connectivity index (χ0n) is 11.7. The summed E-state index contributed by atoms with van der Waals surface area (Å²) in [5.41, 5.74) is 2.46. The number of nitrogens with zero attached hydrogens (tertiary/aromatic N) is 2. The van der Waals surface area contributed by atoms with Gasteiger partial charge in [-0.25, -0.2) is 0 Å². The van der Waals surface area contributed by atoms with Gasteiger partial charge in [0.25, 0.3) is 0 Å². The molecule has 0 amide bonds. The van der Waals surface area contributed by atoms with Crippen LogP contribution < -0.4 is 10.2 Å². The molecule has 0 saturated heterocycles. The molecule has 4 nitrogen and oxygen atoms in total. The Balaban J connectivity index is 2.49. The van der Waals surface area contributed by atoms with Crippen LogP contribution in [0.2, 0.25) is 0 Å². The Labute approximate surface area is 110 Å². The zero-order valence-corrected chi connectivity index (χ0v) is 11.7. The molecule has 2 N–H and O–H groups in total. The number of aliphatic hydroxyl groups excluding tert-OH is 1. The average Bonchev–Trinajstić information content (AvgIpc) is 2.37. The first kappa shape index (κ1) is 15.0. The molecule has 0 saturated carbocycles. The van der Waals surface area contributed by atoms with Gasteiger partial charge in [0.2, 0.25) is 0 Å². The van der Waals surface area contributed by atoms with Crippen molar-refractivity contribution in [2.45, 2.75) is 6.54 Å². The highest BCUT2D eigenvalue weighted by Gasteiger charge is 2.02. The van der Waals surface area contributed by atoms with E-state index in [0.717, 1.165) is 25.3 Å². The van der Waals surface area contributed by atoms with E-state index >= 15 is 0 Å². The smallest absolute Gasteiger partial charge is 0.0606 e. The molecule has 0 bridgehead atoms. The van der Waals surface area contributed by atoms with Crippen molar-refractivity contribution in [1.82, 2.24) is 10.2 Å². The van der Waals surface area contributed by atoms with Crippen molar-refractivity contribution in [2.75, 3.05) is 52.3 Å². The SMILES string of the molecule is CNCCN(C)Cc1ccc(N(C)CCO)cc1. The van der Waals surface area contributed by atoms with Crippen molar-refractivity contribution >= 4 is 5.69 Å². The highest BCUT2D eigenvalue weighted by atomic mass is 16.3. The average molecular weight is 251 g/mol. The van der Waals surface area contributed by atoms with Gasteiger partial charge >= 0.3 is 0 Å². The topological polar surface area (TPSA) is 38.7 Å². The molecule has 0 atom stereocenters. The van der Waals surface area contributed by atoms with Crippen molar-refractivity contribution in [3.8, 4) is 0 Å². The Morgan fingerprint density at radius 3 is 2.33 bits per heavy atom. The molecule has 0 aliphatic heterocycles. The van der Waals surface area contributed by atoms with Gasteiger partial charge in [0.05, 0.1) is 6.61 Å². The van der Waals surface area contributed by atoms with E-state index in [9.17, 15) is 0 Å². The van der Waals surface area contributed by atoms with Crippen molar-refractivity contribution in [3.05, 3.63) is 29.8 Å². The Morgan fingerprint density at radius 2 is 1.78 bits per heavy atom. The second-order valence-electron chi connectivity index (χ2n) is 4.65. The number of likely N-dealkylation sites (N-methyl/N-ethyl adjacent to an activating group) is 3. The van der Waals surface area contributed by atoms with Crippen LogP contribution in [-0.4, -0.2) is 57.4 Å². The summed E-state index contributed by atoms with van der Waals surface area (Å²) >= 11 is 0. The summed E-state index contributed by atoms with van der Waals surface area (Å²) in [7, 11) is 6.09. The molecule has 0 spiro atoms. The Kier molecular flexibility index (Phi) is 6.72. The lowest BCUT2D eigenvalue weighted by Crippen LogP contribution is -2.27. The third-order valence-electron chi connectivity index (χ3n) is 3.01. The minimum atomic E-state index is 0.186. The first-order valence-corrected chi connectivity index (χ1v) is 6.41. The molecule has 1 rings (SSSR count). The Hall–Kier alpha value is -1.10. The van der Waals surface area contributed by atoms with Crippen LogP contribution in [0.5, 0.6) is 0 Å². The van der Waals surface area contributed by atoms with E-state index in [2.05, 4.69) is 46.4 Å². The first-order valence-electron chi connectivity index (χ1n) is 6.41. The third-order valence-corrected chi connectivity index (χ3v) is 3.01. The lowest BCUT2D eigenvalue weighted by molar-refractivity contribution is 0.304. The van der Waals surface area contributed by atoms with E-state index in [4.69, 9.17) is 5.11 Å². The molecule has 0 radical (unpaired) electrons. The normalized spacial score (nSPS) is 10.9. The van der Waals surface area contributed by atoms with Gasteiger partial charge in [-0.05, 0) is 31.8 Å². The van der Waals surface area contributed by atoms with Crippen molar-refractivity contribution < 1.29 is 5.11 Å². The molecule has 0 heterocycles. The number of nitrogens with one attached hydrogen (secondary N) is 1. The summed E-state index contributed by atoms with van der Waals surface area (Å²) in [6.45, 7) is 3.87. The van der Waals surface area contributed by atoms with Crippen LogP contribution in [0.15, 0.2) is 24.3 Å². The molecule has 102 valence electrons. The maximum Gasteiger partial charge on any atom is 0.0606 e. The molecule has 0 aromatic heterocycles. The van der Waals surface area contributed by atoms with Gasteiger partial charge in [-0.1, -0.05) is 12.1 Å². The monoisotopic (exact) mass is 251 g/mol. The van der Waals surface area contributed by atoms with Crippen LogP contribution in [0.1, 0.15) is 5.56 Å².